The van der Waals surface area contributed by atoms with Gasteiger partial charge in [0.1, 0.15) is 0 Å². The van der Waals surface area contributed by atoms with Crippen LogP contribution in [-0.4, -0.2) is 11.7 Å². The molecular weight excluding hydrogens is 302 g/mol. The van der Waals surface area contributed by atoms with Gasteiger partial charge in [-0.15, -0.1) is 11.8 Å². The van der Waals surface area contributed by atoms with Gasteiger partial charge in [0.2, 0.25) is 5.91 Å². The Morgan fingerprint density at radius 3 is 2.48 bits per heavy atom. The standard InChI is InChI=1S/C17H18ClNOS/c1-11-5-7-15(8-13(11)3)21-10-17(20)19-16-9-14(18)6-4-12(16)2/h4-9H,10H2,1-3H3,(H,19,20). The molecule has 0 unspecified atom stereocenters. The first kappa shape index (κ1) is 15.9. The van der Waals surface area contributed by atoms with Crippen molar-refractivity contribution in [2.24, 2.45) is 0 Å². The fourth-order valence-electron chi connectivity index (χ4n) is 1.87. The second kappa shape index (κ2) is 7.01. The van der Waals surface area contributed by atoms with Crippen molar-refractivity contribution >= 4 is 35.0 Å². The molecule has 21 heavy (non-hydrogen) atoms. The van der Waals surface area contributed by atoms with Crippen LogP contribution in [0.15, 0.2) is 41.3 Å². The maximum atomic E-state index is 12.0. The number of aryl methyl sites for hydroxylation is 3. The van der Waals surface area contributed by atoms with Crippen LogP contribution in [0.1, 0.15) is 16.7 Å². The Balaban J connectivity index is 1.95. The third-order valence-corrected chi connectivity index (χ3v) is 4.55. The molecule has 1 amide bonds. The van der Waals surface area contributed by atoms with E-state index in [1.165, 1.54) is 22.9 Å². The lowest BCUT2D eigenvalue weighted by Gasteiger charge is -2.09. The highest BCUT2D eigenvalue weighted by atomic mass is 35.5. The van der Waals surface area contributed by atoms with Crippen molar-refractivity contribution in [3.63, 3.8) is 0 Å². The number of amides is 1. The second-order valence-electron chi connectivity index (χ2n) is 5.04. The van der Waals surface area contributed by atoms with Crippen LogP contribution >= 0.6 is 23.4 Å². The second-order valence-corrected chi connectivity index (χ2v) is 6.53. The summed E-state index contributed by atoms with van der Waals surface area (Å²) < 4.78 is 0. The van der Waals surface area contributed by atoms with E-state index in [2.05, 4.69) is 31.3 Å². The molecule has 110 valence electrons. The maximum Gasteiger partial charge on any atom is 0.234 e. The molecule has 1 N–H and O–H groups in total. The fraction of sp³-hybridized carbons (Fsp3) is 0.235. The molecule has 2 aromatic rings. The first-order chi connectivity index (χ1) is 9.95. The Labute approximate surface area is 134 Å². The summed E-state index contributed by atoms with van der Waals surface area (Å²) in [6.45, 7) is 6.11. The van der Waals surface area contributed by atoms with Crippen molar-refractivity contribution in [3.05, 3.63) is 58.1 Å². The molecule has 2 rings (SSSR count). The summed E-state index contributed by atoms with van der Waals surface area (Å²) in [6, 6.07) is 11.7. The fourth-order valence-corrected chi connectivity index (χ4v) is 2.83. The molecule has 0 saturated heterocycles. The van der Waals surface area contributed by atoms with Crippen LogP contribution in [0, 0.1) is 20.8 Å². The molecule has 0 aliphatic carbocycles. The molecule has 2 aromatic carbocycles. The average molecular weight is 320 g/mol. The lowest BCUT2D eigenvalue weighted by Crippen LogP contribution is -2.14. The maximum absolute atomic E-state index is 12.0. The highest BCUT2D eigenvalue weighted by molar-refractivity contribution is 8.00. The molecule has 0 saturated carbocycles. The van der Waals surface area contributed by atoms with Crippen LogP contribution in [0.5, 0.6) is 0 Å². The van der Waals surface area contributed by atoms with Crippen LogP contribution in [-0.2, 0) is 4.79 Å². The molecule has 4 heteroatoms. The summed E-state index contributed by atoms with van der Waals surface area (Å²) in [5.41, 5.74) is 4.28. The van der Waals surface area contributed by atoms with E-state index < -0.39 is 0 Å². The largest absolute Gasteiger partial charge is 0.325 e. The van der Waals surface area contributed by atoms with Gasteiger partial charge in [0, 0.05) is 15.6 Å². The lowest BCUT2D eigenvalue weighted by atomic mass is 10.1. The van der Waals surface area contributed by atoms with Crippen LogP contribution in [0.25, 0.3) is 0 Å². The van der Waals surface area contributed by atoms with Crippen LogP contribution < -0.4 is 5.32 Å². The molecule has 0 atom stereocenters. The third kappa shape index (κ3) is 4.51. The normalized spacial score (nSPS) is 10.5. The Kier molecular flexibility index (Phi) is 5.32. The minimum Gasteiger partial charge on any atom is -0.325 e. The van der Waals surface area contributed by atoms with Gasteiger partial charge in [-0.25, -0.2) is 0 Å². The number of nitrogens with one attached hydrogen (secondary N) is 1. The van der Waals surface area contributed by atoms with Gasteiger partial charge in [-0.1, -0.05) is 23.7 Å². The van der Waals surface area contributed by atoms with Gasteiger partial charge in [-0.05, 0) is 61.7 Å². The van der Waals surface area contributed by atoms with Gasteiger partial charge in [0.25, 0.3) is 0 Å². The summed E-state index contributed by atoms with van der Waals surface area (Å²) in [5.74, 6) is 0.359. The van der Waals surface area contributed by atoms with Crippen molar-refractivity contribution in [1.29, 1.82) is 0 Å². The topological polar surface area (TPSA) is 29.1 Å². The zero-order chi connectivity index (χ0) is 15.4. The summed E-state index contributed by atoms with van der Waals surface area (Å²) in [6.07, 6.45) is 0. The van der Waals surface area contributed by atoms with E-state index >= 15 is 0 Å². The van der Waals surface area contributed by atoms with Crippen LogP contribution in [0.3, 0.4) is 0 Å². The molecular formula is C17H18ClNOS. The van der Waals surface area contributed by atoms with Gasteiger partial charge in [0.15, 0.2) is 0 Å². The molecule has 0 heterocycles. The van der Waals surface area contributed by atoms with Gasteiger partial charge >= 0.3 is 0 Å². The van der Waals surface area contributed by atoms with E-state index in [0.29, 0.717) is 10.8 Å². The smallest absolute Gasteiger partial charge is 0.234 e. The highest BCUT2D eigenvalue weighted by Crippen LogP contribution is 2.23. The summed E-state index contributed by atoms with van der Waals surface area (Å²) >= 11 is 7.48. The molecule has 2 nitrogen and oxygen atoms in total. The minimum atomic E-state index is -0.0244. The number of benzene rings is 2. The zero-order valence-electron chi connectivity index (χ0n) is 12.4. The van der Waals surface area contributed by atoms with E-state index in [0.717, 1.165) is 16.1 Å². The van der Waals surface area contributed by atoms with Gasteiger partial charge < -0.3 is 5.32 Å². The molecule has 0 bridgehead atoms. The Hall–Kier alpha value is -1.45. The number of anilines is 1. The monoisotopic (exact) mass is 319 g/mol. The Morgan fingerprint density at radius 2 is 1.76 bits per heavy atom. The predicted molar refractivity (Wildman–Crippen MR) is 91.5 cm³/mol. The zero-order valence-corrected chi connectivity index (χ0v) is 13.9. The number of hydrogen-bond acceptors (Lipinski definition) is 2. The first-order valence-corrected chi connectivity index (χ1v) is 8.08. The lowest BCUT2D eigenvalue weighted by molar-refractivity contribution is -0.113. The van der Waals surface area contributed by atoms with Crippen molar-refractivity contribution in [2.45, 2.75) is 25.7 Å². The number of rotatable bonds is 4. The van der Waals surface area contributed by atoms with Crippen LogP contribution in [0.2, 0.25) is 5.02 Å². The third-order valence-electron chi connectivity index (χ3n) is 3.32. The van der Waals surface area contributed by atoms with E-state index in [4.69, 9.17) is 11.6 Å². The predicted octanol–water partition coefficient (Wildman–Crippen LogP) is 5.00. The molecule has 0 aliphatic rings. The van der Waals surface area contributed by atoms with Crippen molar-refractivity contribution in [1.82, 2.24) is 0 Å². The quantitative estimate of drug-likeness (QED) is 0.804. The van der Waals surface area contributed by atoms with Crippen molar-refractivity contribution in [2.75, 3.05) is 11.1 Å². The molecule has 0 radical (unpaired) electrons. The molecule has 0 aliphatic heterocycles. The Bertz CT molecular complexity index is 670. The Morgan fingerprint density at radius 1 is 1.05 bits per heavy atom. The summed E-state index contributed by atoms with van der Waals surface area (Å²) in [7, 11) is 0. The van der Waals surface area contributed by atoms with E-state index in [-0.39, 0.29) is 5.91 Å². The SMILES string of the molecule is Cc1ccc(SCC(=O)Nc2cc(Cl)ccc2C)cc1C. The van der Waals surface area contributed by atoms with Gasteiger partial charge in [-0.3, -0.25) is 4.79 Å². The number of carbonyl (C=O) groups excluding carboxylic acids is 1. The molecule has 0 fully saturated rings. The number of hydrogen-bond donors (Lipinski definition) is 1. The summed E-state index contributed by atoms with van der Waals surface area (Å²) in [4.78, 5) is 13.1. The van der Waals surface area contributed by atoms with Crippen LogP contribution in [0.4, 0.5) is 5.69 Å². The first-order valence-electron chi connectivity index (χ1n) is 6.72. The van der Waals surface area contributed by atoms with E-state index in [9.17, 15) is 4.79 Å². The molecule has 0 spiro atoms. The number of carbonyl (C=O) groups is 1. The van der Waals surface area contributed by atoms with Crippen molar-refractivity contribution in [3.8, 4) is 0 Å². The summed E-state index contributed by atoms with van der Waals surface area (Å²) in [5, 5.41) is 3.53. The number of thioether (sulfide) groups is 1. The van der Waals surface area contributed by atoms with Gasteiger partial charge in [0.05, 0.1) is 5.75 Å². The average Bonchev–Trinajstić information content (AvgIpc) is 2.44. The van der Waals surface area contributed by atoms with Crippen molar-refractivity contribution < 1.29 is 4.79 Å². The molecule has 0 aromatic heterocycles. The minimum absolute atomic E-state index is 0.0244. The van der Waals surface area contributed by atoms with Gasteiger partial charge in [-0.2, -0.15) is 0 Å². The van der Waals surface area contributed by atoms with E-state index in [1.807, 2.05) is 25.1 Å². The highest BCUT2D eigenvalue weighted by Gasteiger charge is 2.07. The van der Waals surface area contributed by atoms with E-state index in [1.54, 1.807) is 6.07 Å². The number of halogens is 1.